The van der Waals surface area contributed by atoms with Crippen molar-refractivity contribution < 1.29 is 13.2 Å². The predicted molar refractivity (Wildman–Crippen MR) is 143 cm³/mol. The van der Waals surface area contributed by atoms with Crippen LogP contribution in [-0.4, -0.2) is 67.3 Å². The minimum absolute atomic E-state index is 0.0603. The molecule has 0 radical (unpaired) electrons. The van der Waals surface area contributed by atoms with Gasteiger partial charge < -0.3 is 5.32 Å². The van der Waals surface area contributed by atoms with E-state index in [-0.39, 0.29) is 22.9 Å². The van der Waals surface area contributed by atoms with Crippen molar-refractivity contribution in [3.05, 3.63) is 28.3 Å². The molecule has 1 unspecified atom stereocenters. The SMILES string of the molecule is CN1C[C@]2(CC3CC3)CCCN2C(CS(=O)(=O)NC(=O)Nc2c3c(cc4c2CCC4)CCC3)C1(C)C. The summed E-state index contributed by atoms with van der Waals surface area (Å²) < 4.78 is 29.4. The summed E-state index contributed by atoms with van der Waals surface area (Å²) in [4.78, 5) is 18.0. The Kier molecular flexibility index (Phi) is 5.97. The van der Waals surface area contributed by atoms with Gasteiger partial charge in [0.2, 0.25) is 10.0 Å². The second kappa shape index (κ2) is 8.70. The Morgan fingerprint density at radius 1 is 1.06 bits per heavy atom. The Bertz CT molecular complexity index is 1140. The second-order valence-electron chi connectivity index (χ2n) is 12.8. The molecule has 1 saturated carbocycles. The number of anilines is 1. The van der Waals surface area contributed by atoms with E-state index in [2.05, 4.69) is 46.8 Å². The van der Waals surface area contributed by atoms with Gasteiger partial charge in [-0.25, -0.2) is 17.9 Å². The minimum Gasteiger partial charge on any atom is -0.307 e. The molecular weight excluding hydrogens is 472 g/mol. The molecule has 3 fully saturated rings. The summed E-state index contributed by atoms with van der Waals surface area (Å²) >= 11 is 0. The van der Waals surface area contributed by atoms with Crippen molar-refractivity contribution in [1.82, 2.24) is 14.5 Å². The first-order valence-electron chi connectivity index (χ1n) is 14.0. The average Bonchev–Trinajstić information content (AvgIpc) is 3.15. The number of hydrogen-bond donors (Lipinski definition) is 2. The quantitative estimate of drug-likeness (QED) is 0.603. The van der Waals surface area contributed by atoms with Crippen LogP contribution in [0.2, 0.25) is 0 Å². The third kappa shape index (κ3) is 4.27. The van der Waals surface area contributed by atoms with Crippen LogP contribution in [0, 0.1) is 5.92 Å². The first-order valence-corrected chi connectivity index (χ1v) is 15.7. The molecule has 2 amide bonds. The number of sulfonamides is 1. The Morgan fingerprint density at radius 3 is 2.36 bits per heavy atom. The summed E-state index contributed by atoms with van der Waals surface area (Å²) in [5, 5.41) is 3.00. The van der Waals surface area contributed by atoms with Crippen molar-refractivity contribution >= 4 is 21.7 Å². The van der Waals surface area contributed by atoms with Gasteiger partial charge in [-0.05, 0) is 113 Å². The van der Waals surface area contributed by atoms with E-state index >= 15 is 0 Å². The molecule has 2 atom stereocenters. The highest BCUT2D eigenvalue weighted by atomic mass is 32.2. The van der Waals surface area contributed by atoms with Crippen LogP contribution < -0.4 is 10.0 Å². The van der Waals surface area contributed by atoms with Gasteiger partial charge in [0, 0.05) is 29.4 Å². The van der Waals surface area contributed by atoms with Gasteiger partial charge in [-0.2, -0.15) is 0 Å². The maximum absolute atomic E-state index is 13.5. The summed E-state index contributed by atoms with van der Waals surface area (Å²) in [6.07, 6.45) is 12.2. The maximum atomic E-state index is 13.5. The fraction of sp³-hybridized carbons (Fsp3) is 0.750. The Morgan fingerprint density at radius 2 is 1.72 bits per heavy atom. The number of piperazine rings is 1. The van der Waals surface area contributed by atoms with E-state index in [1.54, 1.807) is 0 Å². The van der Waals surface area contributed by atoms with E-state index in [4.69, 9.17) is 0 Å². The highest BCUT2D eigenvalue weighted by molar-refractivity contribution is 7.90. The topological polar surface area (TPSA) is 81.8 Å². The summed E-state index contributed by atoms with van der Waals surface area (Å²) in [5.74, 6) is 0.727. The van der Waals surface area contributed by atoms with Crippen LogP contribution in [0.3, 0.4) is 0 Å². The zero-order chi connectivity index (χ0) is 25.3. The van der Waals surface area contributed by atoms with Gasteiger partial charge in [-0.1, -0.05) is 18.9 Å². The lowest BCUT2D eigenvalue weighted by Crippen LogP contribution is -2.73. The van der Waals surface area contributed by atoms with Gasteiger partial charge in [0.25, 0.3) is 0 Å². The summed E-state index contributed by atoms with van der Waals surface area (Å²) in [6, 6.07) is 1.54. The molecule has 0 spiro atoms. The smallest absolute Gasteiger partial charge is 0.307 e. The lowest BCUT2D eigenvalue weighted by molar-refractivity contribution is -0.0811. The highest BCUT2D eigenvalue weighted by Gasteiger charge is 2.56. The molecule has 2 N–H and O–H groups in total. The average molecular weight is 515 g/mol. The van der Waals surface area contributed by atoms with Crippen molar-refractivity contribution in [3.63, 3.8) is 0 Å². The number of carbonyl (C=O) groups is 1. The maximum Gasteiger partial charge on any atom is 0.332 e. The standard InChI is InChI=1S/C28H42N4O3S/c1-27(2)24(32-14-6-13-28(32,18-31(27)3)16-19-11-12-19)17-36(34,35)30-26(33)29-25-22-9-4-7-20(22)15-21-8-5-10-23(21)25/h15,19,24H,4-14,16-18H2,1-3H3,(H2,29,30,33)/t24?,28-/m1/s1. The molecule has 1 aromatic carbocycles. The van der Waals surface area contributed by atoms with E-state index in [1.165, 1.54) is 41.5 Å². The molecule has 7 nitrogen and oxygen atoms in total. The molecule has 36 heavy (non-hydrogen) atoms. The fourth-order valence-electron chi connectivity index (χ4n) is 7.83. The van der Waals surface area contributed by atoms with E-state index in [0.717, 1.165) is 76.1 Å². The highest BCUT2D eigenvalue weighted by Crippen LogP contribution is 2.49. The molecule has 3 aliphatic carbocycles. The summed E-state index contributed by atoms with van der Waals surface area (Å²) in [6.45, 7) is 6.25. The van der Waals surface area contributed by atoms with E-state index in [0.29, 0.717) is 0 Å². The zero-order valence-electron chi connectivity index (χ0n) is 22.2. The first-order chi connectivity index (χ1) is 17.1. The fourth-order valence-corrected chi connectivity index (χ4v) is 9.25. The van der Waals surface area contributed by atoms with Crippen LogP contribution in [0.1, 0.15) is 81.0 Å². The van der Waals surface area contributed by atoms with Crippen LogP contribution in [0.5, 0.6) is 0 Å². The molecule has 2 saturated heterocycles. The van der Waals surface area contributed by atoms with Crippen molar-refractivity contribution in [2.24, 2.45) is 5.92 Å². The van der Waals surface area contributed by atoms with Gasteiger partial charge in [-0.15, -0.1) is 0 Å². The third-order valence-corrected chi connectivity index (χ3v) is 11.3. The molecule has 0 aromatic heterocycles. The number of rotatable bonds is 6. The number of nitrogens with zero attached hydrogens (tertiary/aromatic N) is 2. The van der Waals surface area contributed by atoms with Crippen LogP contribution in [0.4, 0.5) is 10.5 Å². The zero-order valence-corrected chi connectivity index (χ0v) is 23.0. The van der Waals surface area contributed by atoms with Crippen LogP contribution in [0.15, 0.2) is 6.07 Å². The van der Waals surface area contributed by atoms with Crippen LogP contribution in [-0.2, 0) is 35.7 Å². The molecule has 2 heterocycles. The molecular formula is C28H42N4O3S. The van der Waals surface area contributed by atoms with Crippen molar-refractivity contribution in [3.8, 4) is 0 Å². The Balaban J connectivity index is 1.21. The molecule has 198 valence electrons. The van der Waals surface area contributed by atoms with Gasteiger partial charge in [0.15, 0.2) is 0 Å². The summed E-state index contributed by atoms with van der Waals surface area (Å²) in [7, 11) is -1.69. The molecule has 1 aromatic rings. The van der Waals surface area contributed by atoms with Gasteiger partial charge in [-0.3, -0.25) is 9.80 Å². The number of amides is 2. The van der Waals surface area contributed by atoms with E-state index in [9.17, 15) is 13.2 Å². The monoisotopic (exact) mass is 514 g/mol. The van der Waals surface area contributed by atoms with Crippen molar-refractivity contribution in [2.75, 3.05) is 31.2 Å². The molecule has 2 aliphatic heterocycles. The number of benzene rings is 1. The number of hydrogen-bond acceptors (Lipinski definition) is 5. The third-order valence-electron chi connectivity index (χ3n) is 10.1. The molecule has 6 rings (SSSR count). The van der Waals surface area contributed by atoms with Crippen molar-refractivity contribution in [1.29, 1.82) is 0 Å². The second-order valence-corrected chi connectivity index (χ2v) is 14.5. The van der Waals surface area contributed by atoms with Gasteiger partial charge in [0.1, 0.15) is 0 Å². The lowest BCUT2D eigenvalue weighted by atomic mass is 9.79. The first kappa shape index (κ1) is 24.7. The van der Waals surface area contributed by atoms with Crippen LogP contribution >= 0.6 is 0 Å². The molecule has 0 bridgehead atoms. The van der Waals surface area contributed by atoms with Crippen molar-refractivity contribution in [2.45, 2.75) is 102 Å². The Labute approximate surface area is 216 Å². The van der Waals surface area contributed by atoms with E-state index < -0.39 is 16.1 Å². The number of likely N-dealkylation sites (N-methyl/N-ethyl adjacent to an activating group) is 1. The normalized spacial score (nSPS) is 29.6. The summed E-state index contributed by atoms with van der Waals surface area (Å²) in [5.41, 5.74) is 5.71. The molecule has 8 heteroatoms. The largest absolute Gasteiger partial charge is 0.332 e. The number of nitrogens with one attached hydrogen (secondary N) is 2. The number of fused-ring (bicyclic) bond motifs is 3. The van der Waals surface area contributed by atoms with Crippen LogP contribution in [0.25, 0.3) is 0 Å². The van der Waals surface area contributed by atoms with E-state index in [1.807, 2.05) is 0 Å². The minimum atomic E-state index is -3.83. The molecule has 5 aliphatic rings. The van der Waals surface area contributed by atoms with Gasteiger partial charge >= 0.3 is 6.03 Å². The lowest BCUT2D eigenvalue weighted by Gasteiger charge is -2.59. The Hall–Kier alpha value is -1.64. The number of urea groups is 1. The number of aryl methyl sites for hydroxylation is 2. The predicted octanol–water partition coefficient (Wildman–Crippen LogP) is 3.84. The van der Waals surface area contributed by atoms with Gasteiger partial charge in [0.05, 0.1) is 5.75 Å². The number of carbonyl (C=O) groups excluding carboxylic acids is 1.